The number of aliphatic carboxylic acids is 1. The molecule has 20 heavy (non-hydrogen) atoms. The van der Waals surface area contributed by atoms with Crippen LogP contribution in [0.4, 0.5) is 4.79 Å². The minimum absolute atomic E-state index is 0.0357. The fraction of sp³-hybridized carbons (Fsp3) is 0.857. The Morgan fingerprint density at radius 3 is 2.70 bits per heavy atom. The first-order valence-corrected chi connectivity index (χ1v) is 7.38. The highest BCUT2D eigenvalue weighted by Gasteiger charge is 2.38. The molecular weight excluding hydrogens is 260 g/mol. The Morgan fingerprint density at radius 1 is 1.30 bits per heavy atom. The van der Waals surface area contributed by atoms with Gasteiger partial charge in [0, 0.05) is 19.1 Å². The molecule has 3 atom stereocenters. The molecule has 0 aromatic rings. The number of nitrogens with one attached hydrogen (secondary N) is 1. The average Bonchev–Trinajstić information content (AvgIpc) is 2.78. The van der Waals surface area contributed by atoms with Gasteiger partial charge in [0.15, 0.2) is 0 Å². The number of nitrogens with zero attached hydrogens (tertiary/aromatic N) is 1. The van der Waals surface area contributed by atoms with Crippen molar-refractivity contribution in [2.75, 3.05) is 13.1 Å². The van der Waals surface area contributed by atoms with Crippen LogP contribution in [0, 0.1) is 5.92 Å². The Balaban J connectivity index is 1.84. The van der Waals surface area contributed by atoms with E-state index < -0.39 is 11.6 Å². The average molecular weight is 284 g/mol. The van der Waals surface area contributed by atoms with E-state index in [1.807, 2.05) is 4.90 Å². The summed E-state index contributed by atoms with van der Waals surface area (Å²) in [4.78, 5) is 24.7. The molecule has 3 unspecified atom stereocenters. The highest BCUT2D eigenvalue weighted by Crippen LogP contribution is 2.36. The van der Waals surface area contributed by atoms with Gasteiger partial charge in [0.25, 0.3) is 0 Å². The maximum atomic E-state index is 12.2. The first-order valence-electron chi connectivity index (χ1n) is 7.38. The Hall–Kier alpha value is -1.30. The molecule has 1 aliphatic heterocycles. The lowest BCUT2D eigenvalue weighted by Crippen LogP contribution is -2.49. The molecular formula is C14H24N2O4. The summed E-state index contributed by atoms with van der Waals surface area (Å²) in [6.45, 7) is 2.16. The van der Waals surface area contributed by atoms with Crippen molar-refractivity contribution in [1.82, 2.24) is 10.2 Å². The van der Waals surface area contributed by atoms with Crippen molar-refractivity contribution in [3.63, 3.8) is 0 Å². The van der Waals surface area contributed by atoms with Gasteiger partial charge in [0.05, 0.1) is 12.0 Å². The summed E-state index contributed by atoms with van der Waals surface area (Å²) in [5.41, 5.74) is -1.41. The molecule has 2 aliphatic rings. The van der Waals surface area contributed by atoms with E-state index in [-0.39, 0.29) is 19.0 Å². The summed E-state index contributed by atoms with van der Waals surface area (Å²) in [5.74, 6) is -0.452. The Labute approximate surface area is 119 Å². The minimum Gasteiger partial charge on any atom is -0.481 e. The minimum atomic E-state index is -1.41. The number of hydrogen-bond acceptors (Lipinski definition) is 3. The zero-order valence-electron chi connectivity index (χ0n) is 12.0. The second-order valence-electron chi connectivity index (χ2n) is 6.32. The maximum Gasteiger partial charge on any atom is 0.317 e. The van der Waals surface area contributed by atoms with Crippen molar-refractivity contribution >= 4 is 12.0 Å². The van der Waals surface area contributed by atoms with Gasteiger partial charge in [-0.15, -0.1) is 0 Å². The van der Waals surface area contributed by atoms with Crippen molar-refractivity contribution in [2.24, 2.45) is 5.92 Å². The van der Waals surface area contributed by atoms with Gasteiger partial charge in [-0.3, -0.25) is 4.79 Å². The van der Waals surface area contributed by atoms with Crippen LogP contribution in [-0.4, -0.2) is 51.8 Å². The predicted molar refractivity (Wildman–Crippen MR) is 73.3 cm³/mol. The zero-order chi connectivity index (χ0) is 14.8. The molecule has 6 heteroatoms. The van der Waals surface area contributed by atoms with Gasteiger partial charge in [0.1, 0.15) is 0 Å². The number of amides is 2. The summed E-state index contributed by atoms with van der Waals surface area (Å²) >= 11 is 0. The number of hydrogen-bond donors (Lipinski definition) is 3. The molecule has 114 valence electrons. The largest absolute Gasteiger partial charge is 0.481 e. The lowest BCUT2D eigenvalue weighted by molar-refractivity contribution is -0.141. The number of carbonyl (C=O) groups excluding carboxylic acids is 1. The van der Waals surface area contributed by atoms with Crippen LogP contribution in [0.25, 0.3) is 0 Å². The normalized spacial score (nSPS) is 28.6. The van der Waals surface area contributed by atoms with Gasteiger partial charge in [-0.2, -0.15) is 0 Å². The van der Waals surface area contributed by atoms with Gasteiger partial charge < -0.3 is 20.4 Å². The Bertz CT molecular complexity index is 383. The maximum absolute atomic E-state index is 12.2. The number of carboxylic acid groups (broad SMARTS) is 1. The SMILES string of the molecule is CC(O)(CNC(=O)N1CCC2CCCCC21)CC(=O)O. The van der Waals surface area contributed by atoms with Crippen molar-refractivity contribution < 1.29 is 19.8 Å². The number of fused-ring (bicyclic) bond motifs is 1. The van der Waals surface area contributed by atoms with Crippen molar-refractivity contribution in [1.29, 1.82) is 0 Å². The quantitative estimate of drug-likeness (QED) is 0.723. The fourth-order valence-corrected chi connectivity index (χ4v) is 3.41. The molecule has 1 saturated heterocycles. The molecule has 6 nitrogen and oxygen atoms in total. The van der Waals surface area contributed by atoms with E-state index in [9.17, 15) is 14.7 Å². The molecule has 0 bridgehead atoms. The molecule has 0 aromatic heterocycles. The summed E-state index contributed by atoms with van der Waals surface area (Å²) in [5, 5.41) is 21.3. The summed E-state index contributed by atoms with van der Waals surface area (Å²) in [7, 11) is 0. The molecule has 1 aliphatic carbocycles. The predicted octanol–water partition coefficient (Wildman–Crippen LogP) is 1.19. The van der Waals surface area contributed by atoms with E-state index in [4.69, 9.17) is 5.11 Å². The monoisotopic (exact) mass is 284 g/mol. The molecule has 1 saturated carbocycles. The van der Waals surface area contributed by atoms with E-state index >= 15 is 0 Å². The number of urea groups is 1. The Morgan fingerprint density at radius 2 is 2.00 bits per heavy atom. The van der Waals surface area contributed by atoms with Gasteiger partial charge >= 0.3 is 12.0 Å². The van der Waals surface area contributed by atoms with Crippen LogP contribution < -0.4 is 5.32 Å². The lowest BCUT2D eigenvalue weighted by atomic mass is 9.85. The molecule has 0 spiro atoms. The summed E-state index contributed by atoms with van der Waals surface area (Å²) in [6, 6.07) is 0.151. The fourth-order valence-electron chi connectivity index (χ4n) is 3.41. The molecule has 0 radical (unpaired) electrons. The van der Waals surface area contributed by atoms with Crippen LogP contribution >= 0.6 is 0 Å². The highest BCUT2D eigenvalue weighted by molar-refractivity contribution is 5.75. The number of carbonyl (C=O) groups is 2. The van der Waals surface area contributed by atoms with Gasteiger partial charge in [-0.25, -0.2) is 4.79 Å². The van der Waals surface area contributed by atoms with Crippen LogP contribution in [0.5, 0.6) is 0 Å². The third kappa shape index (κ3) is 3.62. The molecule has 3 N–H and O–H groups in total. The van der Waals surface area contributed by atoms with Gasteiger partial charge in [-0.1, -0.05) is 12.8 Å². The van der Waals surface area contributed by atoms with Crippen molar-refractivity contribution in [3.05, 3.63) is 0 Å². The molecule has 2 rings (SSSR count). The second-order valence-corrected chi connectivity index (χ2v) is 6.32. The zero-order valence-corrected chi connectivity index (χ0v) is 12.0. The third-order valence-electron chi connectivity index (χ3n) is 4.42. The van der Waals surface area contributed by atoms with Crippen LogP contribution in [-0.2, 0) is 4.79 Å². The first kappa shape index (κ1) is 15.1. The molecule has 1 heterocycles. The smallest absolute Gasteiger partial charge is 0.317 e. The number of aliphatic hydroxyl groups is 1. The van der Waals surface area contributed by atoms with E-state index in [1.54, 1.807) is 0 Å². The van der Waals surface area contributed by atoms with Crippen molar-refractivity contribution in [2.45, 2.75) is 57.1 Å². The lowest BCUT2D eigenvalue weighted by Gasteiger charge is -2.32. The summed E-state index contributed by atoms with van der Waals surface area (Å²) < 4.78 is 0. The standard InChI is InChI=1S/C14H24N2O4/c1-14(20,8-12(17)18)9-15-13(19)16-7-6-10-4-2-3-5-11(10)16/h10-11,20H,2-9H2,1H3,(H,15,19)(H,17,18). The van der Waals surface area contributed by atoms with E-state index in [1.165, 1.54) is 26.2 Å². The first-order chi connectivity index (χ1) is 9.39. The molecule has 2 fully saturated rings. The highest BCUT2D eigenvalue weighted by atomic mass is 16.4. The second kappa shape index (κ2) is 5.99. The van der Waals surface area contributed by atoms with Crippen LogP contribution in [0.2, 0.25) is 0 Å². The van der Waals surface area contributed by atoms with Crippen LogP contribution in [0.15, 0.2) is 0 Å². The Kier molecular flexibility index (Phi) is 4.52. The van der Waals surface area contributed by atoms with Crippen LogP contribution in [0.1, 0.15) is 45.4 Å². The third-order valence-corrected chi connectivity index (χ3v) is 4.42. The summed E-state index contributed by atoms with van der Waals surface area (Å²) in [6.07, 6.45) is 5.36. The number of carboxylic acids is 1. The van der Waals surface area contributed by atoms with Gasteiger partial charge in [0.2, 0.25) is 0 Å². The van der Waals surface area contributed by atoms with E-state index in [2.05, 4.69) is 5.32 Å². The topological polar surface area (TPSA) is 89.9 Å². The van der Waals surface area contributed by atoms with Gasteiger partial charge in [-0.05, 0) is 32.1 Å². The molecule has 0 aromatic carbocycles. The number of likely N-dealkylation sites (tertiary alicyclic amines) is 1. The molecule has 2 amide bonds. The number of rotatable bonds is 4. The van der Waals surface area contributed by atoms with E-state index in [0.717, 1.165) is 19.4 Å². The van der Waals surface area contributed by atoms with Crippen LogP contribution in [0.3, 0.4) is 0 Å². The van der Waals surface area contributed by atoms with Crippen molar-refractivity contribution in [3.8, 4) is 0 Å². The van der Waals surface area contributed by atoms with E-state index in [0.29, 0.717) is 12.0 Å².